The summed E-state index contributed by atoms with van der Waals surface area (Å²) in [5.41, 5.74) is 7.30. The number of aromatic nitrogens is 3. The van der Waals surface area contributed by atoms with E-state index in [0.29, 0.717) is 6.54 Å². The van der Waals surface area contributed by atoms with Gasteiger partial charge in [-0.15, -0.1) is 5.10 Å². The summed E-state index contributed by atoms with van der Waals surface area (Å²) in [7, 11) is 0. The molecule has 0 radical (unpaired) electrons. The molecule has 0 aliphatic rings. The molecule has 0 atom stereocenters. The molecular formula is C10H14BrN5. The maximum absolute atomic E-state index is 5.53. The summed E-state index contributed by atoms with van der Waals surface area (Å²) >= 11 is 3.49. The Morgan fingerprint density at radius 3 is 3.00 bits per heavy atom. The zero-order chi connectivity index (χ0) is 11.5. The van der Waals surface area contributed by atoms with E-state index in [4.69, 9.17) is 5.73 Å². The van der Waals surface area contributed by atoms with Crippen LogP contribution >= 0.6 is 15.9 Å². The zero-order valence-electron chi connectivity index (χ0n) is 9.07. The minimum Gasteiger partial charge on any atom is -0.369 e. The Bertz CT molecular complexity index is 493. The molecule has 2 heterocycles. The van der Waals surface area contributed by atoms with Gasteiger partial charge in [0.15, 0.2) is 5.65 Å². The van der Waals surface area contributed by atoms with Crippen LogP contribution in [0.3, 0.4) is 0 Å². The van der Waals surface area contributed by atoms with Crippen molar-refractivity contribution in [2.45, 2.75) is 13.3 Å². The highest BCUT2D eigenvalue weighted by Gasteiger charge is 2.10. The lowest BCUT2D eigenvalue weighted by Crippen LogP contribution is -2.04. The maximum Gasteiger partial charge on any atom is 0.155 e. The number of nitrogens with one attached hydrogen (secondary N) is 1. The van der Waals surface area contributed by atoms with E-state index in [0.717, 1.165) is 34.7 Å². The van der Waals surface area contributed by atoms with Gasteiger partial charge in [0, 0.05) is 13.0 Å². The summed E-state index contributed by atoms with van der Waals surface area (Å²) in [6, 6.07) is 3.86. The first-order valence-corrected chi connectivity index (χ1v) is 6.03. The SMILES string of the molecule is CCNc1ccc2nc(CCN)c(Br)n2n1. The van der Waals surface area contributed by atoms with Crippen LogP contribution in [0.4, 0.5) is 5.82 Å². The van der Waals surface area contributed by atoms with Crippen molar-refractivity contribution in [3.05, 3.63) is 22.4 Å². The molecule has 5 nitrogen and oxygen atoms in total. The number of nitrogens with two attached hydrogens (primary N) is 1. The predicted molar refractivity (Wildman–Crippen MR) is 67.6 cm³/mol. The number of fused-ring (bicyclic) bond motifs is 1. The van der Waals surface area contributed by atoms with Gasteiger partial charge in [-0.05, 0) is 41.5 Å². The van der Waals surface area contributed by atoms with Crippen molar-refractivity contribution in [2.24, 2.45) is 5.73 Å². The normalized spacial score (nSPS) is 10.9. The molecular weight excluding hydrogens is 270 g/mol. The lowest BCUT2D eigenvalue weighted by Gasteiger charge is -2.02. The van der Waals surface area contributed by atoms with E-state index in [1.165, 1.54) is 0 Å². The minimum absolute atomic E-state index is 0.586. The van der Waals surface area contributed by atoms with Crippen molar-refractivity contribution in [3.8, 4) is 0 Å². The summed E-state index contributed by atoms with van der Waals surface area (Å²) in [5.74, 6) is 0.840. The fraction of sp³-hybridized carbons (Fsp3) is 0.400. The second-order valence-electron chi connectivity index (χ2n) is 3.41. The van der Waals surface area contributed by atoms with E-state index in [1.807, 2.05) is 19.1 Å². The zero-order valence-corrected chi connectivity index (χ0v) is 10.7. The molecule has 16 heavy (non-hydrogen) atoms. The number of imidazole rings is 1. The number of rotatable bonds is 4. The largest absolute Gasteiger partial charge is 0.369 e. The third kappa shape index (κ3) is 2.03. The summed E-state index contributed by atoms with van der Waals surface area (Å²) in [5, 5.41) is 7.59. The Labute approximate surface area is 102 Å². The molecule has 6 heteroatoms. The van der Waals surface area contributed by atoms with Crippen molar-refractivity contribution in [2.75, 3.05) is 18.4 Å². The molecule has 0 aliphatic heterocycles. The number of hydrogen-bond donors (Lipinski definition) is 2. The molecule has 0 saturated heterocycles. The van der Waals surface area contributed by atoms with Gasteiger partial charge in [0.1, 0.15) is 10.4 Å². The number of halogens is 1. The summed E-state index contributed by atoms with van der Waals surface area (Å²) in [6.45, 7) is 3.47. The quantitative estimate of drug-likeness (QED) is 0.891. The van der Waals surface area contributed by atoms with E-state index < -0.39 is 0 Å². The third-order valence-corrected chi connectivity index (χ3v) is 3.02. The molecule has 2 aromatic rings. The molecule has 0 bridgehead atoms. The third-order valence-electron chi connectivity index (χ3n) is 2.23. The smallest absolute Gasteiger partial charge is 0.155 e. The van der Waals surface area contributed by atoms with E-state index in [-0.39, 0.29) is 0 Å². The van der Waals surface area contributed by atoms with Crippen LogP contribution in [0, 0.1) is 0 Å². The van der Waals surface area contributed by atoms with Gasteiger partial charge in [-0.1, -0.05) is 0 Å². The first-order valence-electron chi connectivity index (χ1n) is 5.24. The molecule has 3 N–H and O–H groups in total. The van der Waals surface area contributed by atoms with Gasteiger partial charge in [0.2, 0.25) is 0 Å². The van der Waals surface area contributed by atoms with Gasteiger partial charge in [-0.25, -0.2) is 9.50 Å². The average Bonchev–Trinajstić information content (AvgIpc) is 2.58. The second-order valence-corrected chi connectivity index (χ2v) is 4.16. The van der Waals surface area contributed by atoms with Crippen LogP contribution < -0.4 is 11.1 Å². The second kappa shape index (κ2) is 4.80. The molecule has 86 valence electrons. The Morgan fingerprint density at radius 2 is 2.31 bits per heavy atom. The van der Waals surface area contributed by atoms with E-state index in [9.17, 15) is 0 Å². The Morgan fingerprint density at radius 1 is 1.50 bits per heavy atom. The highest BCUT2D eigenvalue weighted by Crippen LogP contribution is 2.19. The fourth-order valence-corrected chi connectivity index (χ4v) is 2.07. The number of anilines is 1. The van der Waals surface area contributed by atoms with Gasteiger partial charge in [-0.3, -0.25) is 0 Å². The Balaban J connectivity index is 2.46. The molecule has 2 rings (SSSR count). The Hall–Kier alpha value is -1.14. The van der Waals surface area contributed by atoms with E-state index in [2.05, 4.69) is 31.3 Å². The van der Waals surface area contributed by atoms with Crippen LogP contribution in [0.15, 0.2) is 16.7 Å². The summed E-state index contributed by atoms with van der Waals surface area (Å²) in [6.07, 6.45) is 0.750. The highest BCUT2D eigenvalue weighted by atomic mass is 79.9. The van der Waals surface area contributed by atoms with Crippen LogP contribution in [0.2, 0.25) is 0 Å². The molecule has 0 saturated carbocycles. The molecule has 0 amide bonds. The van der Waals surface area contributed by atoms with E-state index >= 15 is 0 Å². The van der Waals surface area contributed by atoms with Crippen LogP contribution in [-0.2, 0) is 6.42 Å². The average molecular weight is 284 g/mol. The van der Waals surface area contributed by atoms with Crippen molar-refractivity contribution >= 4 is 27.4 Å². The predicted octanol–water partition coefficient (Wildman–Crippen LogP) is 1.42. The van der Waals surface area contributed by atoms with Gasteiger partial charge >= 0.3 is 0 Å². The maximum atomic E-state index is 5.53. The minimum atomic E-state index is 0.586. The molecule has 0 aromatic carbocycles. The lowest BCUT2D eigenvalue weighted by atomic mass is 10.3. The molecule has 2 aromatic heterocycles. The highest BCUT2D eigenvalue weighted by molar-refractivity contribution is 9.10. The number of nitrogens with zero attached hydrogens (tertiary/aromatic N) is 3. The van der Waals surface area contributed by atoms with Crippen LogP contribution in [0.1, 0.15) is 12.6 Å². The van der Waals surface area contributed by atoms with Gasteiger partial charge < -0.3 is 11.1 Å². The standard InChI is InChI=1S/C10H14BrN5/c1-2-13-8-3-4-9-14-7(5-6-12)10(11)16(9)15-8/h3-4H,2,5-6,12H2,1H3,(H,13,15). The molecule has 0 spiro atoms. The molecule has 0 unspecified atom stereocenters. The number of hydrogen-bond acceptors (Lipinski definition) is 4. The van der Waals surface area contributed by atoms with Crippen molar-refractivity contribution in [3.63, 3.8) is 0 Å². The summed E-state index contributed by atoms with van der Waals surface area (Å²) in [4.78, 5) is 4.45. The van der Waals surface area contributed by atoms with Crippen molar-refractivity contribution in [1.82, 2.24) is 14.6 Å². The fourth-order valence-electron chi connectivity index (χ4n) is 1.52. The monoisotopic (exact) mass is 283 g/mol. The molecule has 0 aliphatic carbocycles. The van der Waals surface area contributed by atoms with Crippen molar-refractivity contribution in [1.29, 1.82) is 0 Å². The lowest BCUT2D eigenvalue weighted by molar-refractivity contribution is 0.889. The summed E-state index contributed by atoms with van der Waals surface area (Å²) < 4.78 is 2.66. The van der Waals surface area contributed by atoms with Crippen LogP contribution in [0.25, 0.3) is 5.65 Å². The van der Waals surface area contributed by atoms with Gasteiger partial charge in [0.25, 0.3) is 0 Å². The first kappa shape index (κ1) is 11.3. The first-order chi connectivity index (χ1) is 7.76. The van der Waals surface area contributed by atoms with Crippen LogP contribution in [0.5, 0.6) is 0 Å². The van der Waals surface area contributed by atoms with E-state index in [1.54, 1.807) is 4.52 Å². The van der Waals surface area contributed by atoms with Crippen LogP contribution in [-0.4, -0.2) is 27.7 Å². The van der Waals surface area contributed by atoms with Crippen molar-refractivity contribution < 1.29 is 0 Å². The van der Waals surface area contributed by atoms with Gasteiger partial charge in [-0.2, -0.15) is 0 Å². The molecule has 0 fully saturated rings. The topological polar surface area (TPSA) is 68.2 Å². The Kier molecular flexibility index (Phi) is 3.40. The van der Waals surface area contributed by atoms with Gasteiger partial charge in [0.05, 0.1) is 5.69 Å².